The summed E-state index contributed by atoms with van der Waals surface area (Å²) in [6.45, 7) is 2.95. The van der Waals surface area contributed by atoms with Gasteiger partial charge in [0.25, 0.3) is 5.91 Å². The first kappa shape index (κ1) is 13.3. The Bertz CT molecular complexity index is 593. The van der Waals surface area contributed by atoms with E-state index in [1.807, 2.05) is 30.3 Å². The number of aromatic nitrogens is 1. The number of para-hydroxylation sites is 1. The molecule has 0 aliphatic rings. The number of rotatable bonds is 4. The first-order valence-electron chi connectivity index (χ1n) is 6.48. The lowest BCUT2D eigenvalue weighted by Crippen LogP contribution is -2.22. The van der Waals surface area contributed by atoms with Gasteiger partial charge < -0.3 is 10.2 Å². The highest BCUT2D eigenvalue weighted by Gasteiger charge is 2.14. The molecular formula is C15H19N3O. The molecule has 0 bridgehead atoms. The van der Waals surface area contributed by atoms with Crippen LogP contribution < -0.4 is 5.32 Å². The predicted octanol–water partition coefficient (Wildman–Crippen LogP) is 2.76. The number of carbonyl (C=O) groups is 1. The standard InChI is InChI=1S/C15H19N3O/c1-4-9-16-14-10-12(15(19)18(2)3)11-7-5-6-8-13(11)17-14/h5-8,10H,4,9H2,1-3H3,(H,16,17). The van der Waals surface area contributed by atoms with Crippen molar-refractivity contribution in [1.82, 2.24) is 9.88 Å². The minimum atomic E-state index is -0.00171. The average Bonchev–Trinajstić information content (AvgIpc) is 2.43. The second-order valence-electron chi connectivity index (χ2n) is 4.70. The van der Waals surface area contributed by atoms with Crippen LogP contribution in [0.2, 0.25) is 0 Å². The number of benzene rings is 1. The molecule has 1 N–H and O–H groups in total. The Morgan fingerprint density at radius 2 is 2.05 bits per heavy atom. The van der Waals surface area contributed by atoms with Crippen molar-refractivity contribution in [1.29, 1.82) is 0 Å². The van der Waals surface area contributed by atoms with Crippen molar-refractivity contribution in [3.63, 3.8) is 0 Å². The van der Waals surface area contributed by atoms with E-state index in [2.05, 4.69) is 17.2 Å². The molecule has 2 aromatic rings. The molecule has 0 radical (unpaired) electrons. The first-order chi connectivity index (χ1) is 9.13. The monoisotopic (exact) mass is 257 g/mol. The highest BCUT2D eigenvalue weighted by molar-refractivity contribution is 6.06. The van der Waals surface area contributed by atoms with E-state index in [1.54, 1.807) is 19.0 Å². The maximum atomic E-state index is 12.3. The summed E-state index contributed by atoms with van der Waals surface area (Å²) < 4.78 is 0. The second-order valence-corrected chi connectivity index (χ2v) is 4.70. The normalized spacial score (nSPS) is 10.5. The molecule has 0 aliphatic carbocycles. The lowest BCUT2D eigenvalue weighted by atomic mass is 10.1. The van der Waals surface area contributed by atoms with Crippen molar-refractivity contribution in [2.45, 2.75) is 13.3 Å². The van der Waals surface area contributed by atoms with Crippen molar-refractivity contribution in [3.05, 3.63) is 35.9 Å². The van der Waals surface area contributed by atoms with Crippen molar-refractivity contribution in [3.8, 4) is 0 Å². The quantitative estimate of drug-likeness (QED) is 0.916. The maximum absolute atomic E-state index is 12.3. The molecule has 0 saturated carbocycles. The molecule has 4 nitrogen and oxygen atoms in total. The van der Waals surface area contributed by atoms with Crippen molar-refractivity contribution < 1.29 is 4.79 Å². The lowest BCUT2D eigenvalue weighted by Gasteiger charge is -2.14. The zero-order valence-corrected chi connectivity index (χ0v) is 11.6. The van der Waals surface area contributed by atoms with Gasteiger partial charge in [0.2, 0.25) is 0 Å². The Morgan fingerprint density at radius 1 is 1.32 bits per heavy atom. The van der Waals surface area contributed by atoms with Crippen LogP contribution in [0.1, 0.15) is 23.7 Å². The molecular weight excluding hydrogens is 238 g/mol. The van der Waals surface area contributed by atoms with Crippen LogP contribution in [0.25, 0.3) is 10.9 Å². The van der Waals surface area contributed by atoms with Gasteiger partial charge in [0.15, 0.2) is 0 Å². The van der Waals surface area contributed by atoms with Gasteiger partial charge in [-0.25, -0.2) is 4.98 Å². The van der Waals surface area contributed by atoms with Crippen molar-refractivity contribution in [2.75, 3.05) is 26.0 Å². The Morgan fingerprint density at radius 3 is 2.74 bits per heavy atom. The number of hydrogen-bond donors (Lipinski definition) is 1. The van der Waals surface area contributed by atoms with Crippen LogP contribution in [0.3, 0.4) is 0 Å². The minimum absolute atomic E-state index is 0.00171. The van der Waals surface area contributed by atoms with Crippen molar-refractivity contribution >= 4 is 22.6 Å². The molecule has 1 aromatic heterocycles. The highest BCUT2D eigenvalue weighted by Crippen LogP contribution is 2.21. The maximum Gasteiger partial charge on any atom is 0.254 e. The molecule has 0 saturated heterocycles. The van der Waals surface area contributed by atoms with E-state index in [-0.39, 0.29) is 5.91 Å². The van der Waals surface area contributed by atoms with Gasteiger partial charge in [0, 0.05) is 26.0 Å². The predicted molar refractivity (Wildman–Crippen MR) is 78.5 cm³/mol. The van der Waals surface area contributed by atoms with Crippen LogP contribution in [0.15, 0.2) is 30.3 Å². The number of hydrogen-bond acceptors (Lipinski definition) is 3. The number of pyridine rings is 1. The van der Waals surface area contributed by atoms with Crippen LogP contribution in [0.5, 0.6) is 0 Å². The van der Waals surface area contributed by atoms with Gasteiger partial charge in [-0.3, -0.25) is 4.79 Å². The number of nitrogens with zero attached hydrogens (tertiary/aromatic N) is 2. The molecule has 0 unspecified atom stereocenters. The fourth-order valence-corrected chi connectivity index (χ4v) is 1.94. The Kier molecular flexibility index (Phi) is 4.00. The molecule has 1 heterocycles. The Balaban J connectivity index is 2.54. The zero-order chi connectivity index (χ0) is 13.8. The summed E-state index contributed by atoms with van der Waals surface area (Å²) in [5, 5.41) is 4.13. The van der Waals surface area contributed by atoms with Gasteiger partial charge in [-0.1, -0.05) is 25.1 Å². The number of anilines is 1. The minimum Gasteiger partial charge on any atom is -0.370 e. The topological polar surface area (TPSA) is 45.2 Å². The molecule has 0 atom stereocenters. The third-order valence-electron chi connectivity index (χ3n) is 2.91. The van der Waals surface area contributed by atoms with Gasteiger partial charge in [0.05, 0.1) is 11.1 Å². The summed E-state index contributed by atoms with van der Waals surface area (Å²) >= 11 is 0. The summed E-state index contributed by atoms with van der Waals surface area (Å²) in [6, 6.07) is 9.56. The zero-order valence-electron chi connectivity index (χ0n) is 11.6. The molecule has 2 rings (SSSR count). The van der Waals surface area contributed by atoms with Crippen LogP contribution >= 0.6 is 0 Å². The Hall–Kier alpha value is -2.10. The average molecular weight is 257 g/mol. The van der Waals surface area contributed by atoms with Crippen LogP contribution in [0, 0.1) is 0 Å². The van der Waals surface area contributed by atoms with Gasteiger partial charge in [-0.15, -0.1) is 0 Å². The van der Waals surface area contributed by atoms with Crippen LogP contribution in [-0.2, 0) is 0 Å². The number of nitrogens with one attached hydrogen (secondary N) is 1. The highest BCUT2D eigenvalue weighted by atomic mass is 16.2. The summed E-state index contributed by atoms with van der Waals surface area (Å²) in [4.78, 5) is 18.4. The Labute approximate surface area is 113 Å². The molecule has 1 aromatic carbocycles. The molecule has 19 heavy (non-hydrogen) atoms. The third-order valence-corrected chi connectivity index (χ3v) is 2.91. The molecule has 4 heteroatoms. The van der Waals surface area contributed by atoms with E-state index in [4.69, 9.17) is 0 Å². The van der Waals surface area contributed by atoms with Crippen LogP contribution in [-0.4, -0.2) is 36.4 Å². The van der Waals surface area contributed by atoms with E-state index in [0.29, 0.717) is 5.56 Å². The van der Waals surface area contributed by atoms with E-state index in [0.717, 1.165) is 29.7 Å². The van der Waals surface area contributed by atoms with E-state index in [9.17, 15) is 4.79 Å². The molecule has 1 amide bonds. The summed E-state index contributed by atoms with van der Waals surface area (Å²) in [5.74, 6) is 0.754. The van der Waals surface area contributed by atoms with Crippen LogP contribution in [0.4, 0.5) is 5.82 Å². The second kappa shape index (κ2) is 5.69. The van der Waals surface area contributed by atoms with E-state index >= 15 is 0 Å². The van der Waals surface area contributed by atoms with Gasteiger partial charge in [-0.05, 0) is 18.6 Å². The van der Waals surface area contributed by atoms with Gasteiger partial charge >= 0.3 is 0 Å². The smallest absolute Gasteiger partial charge is 0.254 e. The largest absolute Gasteiger partial charge is 0.370 e. The fraction of sp³-hybridized carbons (Fsp3) is 0.333. The van der Waals surface area contributed by atoms with E-state index in [1.165, 1.54) is 0 Å². The summed E-state index contributed by atoms with van der Waals surface area (Å²) in [5.41, 5.74) is 1.53. The molecule has 0 fully saturated rings. The number of carbonyl (C=O) groups excluding carboxylic acids is 1. The van der Waals surface area contributed by atoms with Gasteiger partial charge in [0.1, 0.15) is 5.82 Å². The molecule has 100 valence electrons. The van der Waals surface area contributed by atoms with E-state index < -0.39 is 0 Å². The van der Waals surface area contributed by atoms with Crippen molar-refractivity contribution in [2.24, 2.45) is 0 Å². The fourth-order valence-electron chi connectivity index (χ4n) is 1.94. The first-order valence-corrected chi connectivity index (χ1v) is 6.48. The SMILES string of the molecule is CCCNc1cc(C(=O)N(C)C)c2ccccc2n1. The van der Waals surface area contributed by atoms with Gasteiger partial charge in [-0.2, -0.15) is 0 Å². The molecule has 0 aliphatic heterocycles. The summed E-state index contributed by atoms with van der Waals surface area (Å²) in [6.07, 6.45) is 1.02. The third kappa shape index (κ3) is 2.84. The molecule has 0 spiro atoms. The lowest BCUT2D eigenvalue weighted by molar-refractivity contribution is 0.0829. The number of fused-ring (bicyclic) bond motifs is 1. The summed E-state index contributed by atoms with van der Waals surface area (Å²) in [7, 11) is 3.52. The number of amides is 1.